The van der Waals surface area contributed by atoms with Gasteiger partial charge < -0.3 is 0 Å². The fraction of sp³-hybridized carbons (Fsp3) is 0.200. The van der Waals surface area contributed by atoms with Crippen LogP contribution in [0.5, 0.6) is 0 Å². The molecule has 84 valence electrons. The van der Waals surface area contributed by atoms with Crippen molar-refractivity contribution >= 4 is 23.2 Å². The Kier molecular flexibility index (Phi) is 2.48. The van der Waals surface area contributed by atoms with E-state index in [-0.39, 0.29) is 6.04 Å². The summed E-state index contributed by atoms with van der Waals surface area (Å²) >= 11 is 0. The highest BCUT2D eigenvalue weighted by molar-refractivity contribution is 6.32. The summed E-state index contributed by atoms with van der Waals surface area (Å²) in [5, 5.41) is 0. The standard InChI is InChI=1S/C15H14N2/c1-2-10-16-14-9-5-7-12-11-6-3-4-8-13(11)17-15(12)14/h3-10,14H,2H2,1H3/b16-10+. The highest BCUT2D eigenvalue weighted by Gasteiger charge is 2.26. The van der Waals surface area contributed by atoms with Crippen LogP contribution < -0.4 is 0 Å². The van der Waals surface area contributed by atoms with Crippen molar-refractivity contribution in [3.05, 3.63) is 48.1 Å². The molecule has 1 aromatic carbocycles. The summed E-state index contributed by atoms with van der Waals surface area (Å²) in [5.41, 5.74) is 4.59. The second kappa shape index (κ2) is 4.13. The minimum Gasteiger partial charge on any atom is -0.284 e. The van der Waals surface area contributed by atoms with Crippen LogP contribution in [0.3, 0.4) is 0 Å². The van der Waals surface area contributed by atoms with Gasteiger partial charge in [0, 0.05) is 11.1 Å². The van der Waals surface area contributed by atoms with Crippen molar-refractivity contribution in [3.8, 4) is 0 Å². The third kappa shape index (κ3) is 1.66. The largest absolute Gasteiger partial charge is 0.284 e. The molecule has 0 radical (unpaired) electrons. The molecular weight excluding hydrogens is 208 g/mol. The van der Waals surface area contributed by atoms with Gasteiger partial charge in [-0.05, 0) is 18.7 Å². The second-order valence-corrected chi connectivity index (χ2v) is 4.16. The number of hydrogen-bond acceptors (Lipinski definition) is 2. The maximum Gasteiger partial charge on any atom is 0.111 e. The Morgan fingerprint density at radius 2 is 2.24 bits per heavy atom. The number of nitrogens with zero attached hydrogens (tertiary/aromatic N) is 2. The van der Waals surface area contributed by atoms with Gasteiger partial charge in [-0.1, -0.05) is 43.4 Å². The van der Waals surface area contributed by atoms with E-state index >= 15 is 0 Å². The molecule has 2 aliphatic rings. The fourth-order valence-electron chi connectivity index (χ4n) is 2.21. The molecule has 0 amide bonds. The molecule has 1 unspecified atom stereocenters. The van der Waals surface area contributed by atoms with E-state index in [1.807, 2.05) is 12.3 Å². The Labute approximate surface area is 101 Å². The van der Waals surface area contributed by atoms with Crippen molar-refractivity contribution in [2.45, 2.75) is 19.4 Å². The lowest BCUT2D eigenvalue weighted by Crippen LogP contribution is -2.17. The third-order valence-electron chi connectivity index (χ3n) is 3.00. The van der Waals surface area contributed by atoms with Crippen LogP contribution in [0.25, 0.3) is 5.57 Å². The molecule has 0 aromatic heterocycles. The van der Waals surface area contributed by atoms with Gasteiger partial charge in [0.2, 0.25) is 0 Å². The summed E-state index contributed by atoms with van der Waals surface area (Å²) in [5.74, 6) is 0. The molecule has 17 heavy (non-hydrogen) atoms. The van der Waals surface area contributed by atoms with Gasteiger partial charge in [0.1, 0.15) is 6.04 Å². The van der Waals surface area contributed by atoms with Crippen LogP contribution in [-0.2, 0) is 0 Å². The van der Waals surface area contributed by atoms with Crippen LogP contribution in [0.1, 0.15) is 18.9 Å². The number of allylic oxidation sites excluding steroid dienone is 2. The van der Waals surface area contributed by atoms with Gasteiger partial charge >= 0.3 is 0 Å². The Morgan fingerprint density at radius 1 is 1.35 bits per heavy atom. The first-order chi connectivity index (χ1) is 8.40. The van der Waals surface area contributed by atoms with Crippen LogP contribution in [0.2, 0.25) is 0 Å². The van der Waals surface area contributed by atoms with Gasteiger partial charge in [-0.25, -0.2) is 4.99 Å². The normalized spacial score (nSPS) is 21.1. The molecule has 3 rings (SSSR count). The van der Waals surface area contributed by atoms with E-state index in [2.05, 4.69) is 48.3 Å². The van der Waals surface area contributed by atoms with Gasteiger partial charge in [0.15, 0.2) is 0 Å². The van der Waals surface area contributed by atoms with Crippen LogP contribution in [0.4, 0.5) is 5.69 Å². The first-order valence-corrected chi connectivity index (χ1v) is 5.98. The first kappa shape index (κ1) is 10.2. The van der Waals surface area contributed by atoms with E-state index in [9.17, 15) is 0 Å². The van der Waals surface area contributed by atoms with E-state index in [0.29, 0.717) is 0 Å². The van der Waals surface area contributed by atoms with E-state index in [1.54, 1.807) is 0 Å². The maximum absolute atomic E-state index is 4.69. The van der Waals surface area contributed by atoms with Crippen LogP contribution >= 0.6 is 0 Å². The van der Waals surface area contributed by atoms with E-state index in [4.69, 9.17) is 4.99 Å². The number of aliphatic imine (C=N–C) groups is 2. The van der Waals surface area contributed by atoms with E-state index < -0.39 is 0 Å². The zero-order valence-corrected chi connectivity index (χ0v) is 9.80. The van der Waals surface area contributed by atoms with Crippen LogP contribution in [0.15, 0.2) is 52.5 Å². The fourth-order valence-corrected chi connectivity index (χ4v) is 2.21. The Bertz CT molecular complexity index is 562. The summed E-state index contributed by atoms with van der Waals surface area (Å²) in [4.78, 5) is 9.24. The summed E-state index contributed by atoms with van der Waals surface area (Å²) in [6.07, 6.45) is 9.23. The minimum atomic E-state index is 0.0855. The second-order valence-electron chi connectivity index (χ2n) is 4.16. The smallest absolute Gasteiger partial charge is 0.111 e. The van der Waals surface area contributed by atoms with Crippen molar-refractivity contribution < 1.29 is 0 Å². The molecule has 0 saturated heterocycles. The van der Waals surface area contributed by atoms with Gasteiger partial charge in [0.25, 0.3) is 0 Å². The lowest BCUT2D eigenvalue weighted by molar-refractivity contribution is 1.08. The van der Waals surface area contributed by atoms with Crippen LogP contribution in [-0.4, -0.2) is 18.0 Å². The molecule has 0 saturated carbocycles. The van der Waals surface area contributed by atoms with Crippen molar-refractivity contribution in [3.63, 3.8) is 0 Å². The topological polar surface area (TPSA) is 24.7 Å². The number of rotatable bonds is 2. The van der Waals surface area contributed by atoms with Gasteiger partial charge in [0.05, 0.1) is 11.4 Å². The highest BCUT2D eigenvalue weighted by Crippen LogP contribution is 2.37. The van der Waals surface area contributed by atoms with Gasteiger partial charge in [-0.15, -0.1) is 0 Å². The van der Waals surface area contributed by atoms with E-state index in [1.165, 1.54) is 11.1 Å². The van der Waals surface area contributed by atoms with Gasteiger partial charge in [-0.3, -0.25) is 4.99 Å². The first-order valence-electron chi connectivity index (χ1n) is 5.98. The molecule has 0 bridgehead atoms. The monoisotopic (exact) mass is 222 g/mol. The van der Waals surface area contributed by atoms with Crippen LogP contribution in [0, 0.1) is 0 Å². The third-order valence-corrected chi connectivity index (χ3v) is 3.00. The quantitative estimate of drug-likeness (QED) is 0.683. The Hall–Kier alpha value is -1.96. The molecule has 1 atom stereocenters. The van der Waals surface area contributed by atoms with Crippen molar-refractivity contribution in [1.82, 2.24) is 0 Å². The van der Waals surface area contributed by atoms with E-state index in [0.717, 1.165) is 17.8 Å². The maximum atomic E-state index is 4.69. The number of hydrogen-bond donors (Lipinski definition) is 0. The number of para-hydroxylation sites is 1. The predicted octanol–water partition coefficient (Wildman–Crippen LogP) is 3.58. The zero-order valence-electron chi connectivity index (χ0n) is 9.80. The molecule has 1 aromatic rings. The van der Waals surface area contributed by atoms with Crippen molar-refractivity contribution in [1.29, 1.82) is 0 Å². The SMILES string of the molecule is CC/C=N/C1C=CC=C2C1=Nc1ccccc12. The predicted molar refractivity (Wildman–Crippen MR) is 73.2 cm³/mol. The molecule has 1 aliphatic heterocycles. The lowest BCUT2D eigenvalue weighted by atomic mass is 9.94. The average molecular weight is 222 g/mol. The molecular formula is C15H14N2. The Morgan fingerprint density at radius 3 is 3.12 bits per heavy atom. The molecule has 2 heteroatoms. The molecule has 2 nitrogen and oxygen atoms in total. The molecule has 0 N–H and O–H groups in total. The molecule has 0 fully saturated rings. The highest BCUT2D eigenvalue weighted by atomic mass is 14.9. The zero-order chi connectivity index (χ0) is 11.7. The molecule has 1 heterocycles. The minimum absolute atomic E-state index is 0.0855. The lowest BCUT2D eigenvalue weighted by Gasteiger charge is -2.13. The van der Waals surface area contributed by atoms with Crippen molar-refractivity contribution in [2.24, 2.45) is 9.98 Å². The summed E-state index contributed by atoms with van der Waals surface area (Å²) in [6, 6.07) is 8.35. The molecule has 1 aliphatic carbocycles. The summed E-state index contributed by atoms with van der Waals surface area (Å²) < 4.78 is 0. The summed E-state index contributed by atoms with van der Waals surface area (Å²) in [7, 11) is 0. The Balaban J connectivity index is 2.03. The summed E-state index contributed by atoms with van der Waals surface area (Å²) in [6.45, 7) is 2.10. The van der Waals surface area contributed by atoms with Gasteiger partial charge in [-0.2, -0.15) is 0 Å². The molecule has 0 spiro atoms. The number of benzene rings is 1. The van der Waals surface area contributed by atoms with Crippen molar-refractivity contribution in [2.75, 3.05) is 0 Å². The average Bonchev–Trinajstić information content (AvgIpc) is 2.75. The number of fused-ring (bicyclic) bond motifs is 3.